The number of nitrogens with zero attached hydrogens (tertiary/aromatic N) is 1. The van der Waals surface area contributed by atoms with Crippen LogP contribution in [0.5, 0.6) is 0 Å². The lowest BCUT2D eigenvalue weighted by Gasteiger charge is -2.40. The van der Waals surface area contributed by atoms with Crippen LogP contribution >= 0.6 is 0 Å². The highest BCUT2D eigenvalue weighted by molar-refractivity contribution is 5.83. The predicted molar refractivity (Wildman–Crippen MR) is 93.2 cm³/mol. The van der Waals surface area contributed by atoms with E-state index < -0.39 is 0 Å². The summed E-state index contributed by atoms with van der Waals surface area (Å²) >= 11 is 0. The van der Waals surface area contributed by atoms with E-state index in [1.807, 2.05) is 18.2 Å². The van der Waals surface area contributed by atoms with Crippen molar-refractivity contribution < 1.29 is 4.39 Å². The van der Waals surface area contributed by atoms with E-state index in [0.717, 1.165) is 19.6 Å². The molecular weight excluding hydrogens is 287 g/mol. The molecule has 1 aliphatic rings. The molecule has 0 atom stereocenters. The molecule has 0 amide bonds. The van der Waals surface area contributed by atoms with Gasteiger partial charge in [-0.1, -0.05) is 48.5 Å². The Morgan fingerprint density at radius 3 is 2.39 bits per heavy atom. The van der Waals surface area contributed by atoms with Crippen molar-refractivity contribution in [2.75, 3.05) is 18.0 Å². The van der Waals surface area contributed by atoms with Crippen molar-refractivity contribution in [2.24, 2.45) is 0 Å². The van der Waals surface area contributed by atoms with Gasteiger partial charge in [-0.25, -0.2) is 4.39 Å². The van der Waals surface area contributed by atoms with E-state index >= 15 is 0 Å². The van der Waals surface area contributed by atoms with E-state index in [-0.39, 0.29) is 5.82 Å². The van der Waals surface area contributed by atoms with Gasteiger partial charge in [-0.3, -0.25) is 0 Å². The Morgan fingerprint density at radius 1 is 0.913 bits per heavy atom. The lowest BCUT2D eigenvalue weighted by atomic mass is 10.0. The fourth-order valence-corrected chi connectivity index (χ4v) is 3.12. The summed E-state index contributed by atoms with van der Waals surface area (Å²) in [5.74, 6) is -0.153. The summed E-state index contributed by atoms with van der Waals surface area (Å²) in [6.07, 6.45) is 0. The van der Waals surface area contributed by atoms with Crippen LogP contribution in [-0.2, 0) is 6.54 Å². The van der Waals surface area contributed by atoms with Crippen LogP contribution in [0.15, 0.2) is 66.7 Å². The molecular formula is C20H19FN2. The molecule has 4 rings (SSSR count). The molecule has 1 heterocycles. The van der Waals surface area contributed by atoms with Crippen LogP contribution in [0.3, 0.4) is 0 Å². The molecule has 0 spiro atoms. The van der Waals surface area contributed by atoms with Crippen LogP contribution in [-0.4, -0.2) is 19.1 Å². The molecule has 116 valence electrons. The number of anilines is 1. The highest BCUT2D eigenvalue weighted by Crippen LogP contribution is 2.26. The summed E-state index contributed by atoms with van der Waals surface area (Å²) < 4.78 is 14.3. The van der Waals surface area contributed by atoms with Crippen LogP contribution in [0.1, 0.15) is 5.56 Å². The molecule has 0 aromatic heterocycles. The summed E-state index contributed by atoms with van der Waals surface area (Å²) in [5, 5.41) is 5.74. The number of para-hydroxylation sites is 1. The third-order valence-electron chi connectivity index (χ3n) is 4.53. The van der Waals surface area contributed by atoms with E-state index in [1.165, 1.54) is 22.4 Å². The minimum Gasteiger partial charge on any atom is -0.359 e. The first-order valence-electron chi connectivity index (χ1n) is 8.01. The topological polar surface area (TPSA) is 15.3 Å². The minimum atomic E-state index is -0.153. The SMILES string of the molecule is Fc1ccccc1N(Cc1ccc2ccccc2c1)C1CNC1. The van der Waals surface area contributed by atoms with E-state index in [1.54, 1.807) is 6.07 Å². The molecule has 2 nitrogen and oxygen atoms in total. The highest BCUT2D eigenvalue weighted by Gasteiger charge is 2.26. The highest BCUT2D eigenvalue weighted by atomic mass is 19.1. The predicted octanol–water partition coefficient (Wildman–Crippen LogP) is 3.96. The second kappa shape index (κ2) is 6.01. The average molecular weight is 306 g/mol. The van der Waals surface area contributed by atoms with Crippen molar-refractivity contribution in [3.8, 4) is 0 Å². The van der Waals surface area contributed by atoms with Crippen molar-refractivity contribution in [3.05, 3.63) is 78.1 Å². The van der Waals surface area contributed by atoms with Crippen LogP contribution < -0.4 is 10.2 Å². The smallest absolute Gasteiger partial charge is 0.146 e. The molecule has 0 saturated carbocycles. The molecule has 0 radical (unpaired) electrons. The monoisotopic (exact) mass is 306 g/mol. The van der Waals surface area contributed by atoms with Crippen LogP contribution in [0, 0.1) is 5.82 Å². The van der Waals surface area contributed by atoms with Crippen molar-refractivity contribution in [2.45, 2.75) is 12.6 Å². The van der Waals surface area contributed by atoms with E-state index in [2.05, 4.69) is 46.6 Å². The normalized spacial score (nSPS) is 14.7. The van der Waals surface area contributed by atoms with Crippen LogP contribution in [0.4, 0.5) is 10.1 Å². The van der Waals surface area contributed by atoms with Gasteiger partial charge in [0.05, 0.1) is 11.7 Å². The number of rotatable bonds is 4. The van der Waals surface area contributed by atoms with Crippen molar-refractivity contribution >= 4 is 16.5 Å². The van der Waals surface area contributed by atoms with Crippen LogP contribution in [0.25, 0.3) is 10.8 Å². The second-order valence-electron chi connectivity index (χ2n) is 6.07. The van der Waals surface area contributed by atoms with Crippen LogP contribution in [0.2, 0.25) is 0 Å². The fourth-order valence-electron chi connectivity index (χ4n) is 3.12. The summed E-state index contributed by atoms with van der Waals surface area (Å²) in [6.45, 7) is 2.53. The quantitative estimate of drug-likeness (QED) is 0.785. The molecule has 1 N–H and O–H groups in total. The molecule has 23 heavy (non-hydrogen) atoms. The molecule has 1 saturated heterocycles. The number of hydrogen-bond donors (Lipinski definition) is 1. The van der Waals surface area contributed by atoms with Crippen molar-refractivity contribution in [1.29, 1.82) is 0 Å². The average Bonchev–Trinajstić information content (AvgIpc) is 2.53. The van der Waals surface area contributed by atoms with E-state index in [0.29, 0.717) is 11.7 Å². The summed E-state index contributed by atoms with van der Waals surface area (Å²) in [7, 11) is 0. The van der Waals surface area contributed by atoms with Gasteiger partial charge in [-0.15, -0.1) is 0 Å². The Hall–Kier alpha value is -2.39. The van der Waals surface area contributed by atoms with Crippen molar-refractivity contribution in [1.82, 2.24) is 5.32 Å². The van der Waals surface area contributed by atoms with Crippen molar-refractivity contribution in [3.63, 3.8) is 0 Å². The maximum atomic E-state index is 14.3. The Bertz CT molecular complexity index is 826. The number of halogens is 1. The lowest BCUT2D eigenvalue weighted by molar-refractivity contribution is 0.407. The number of hydrogen-bond acceptors (Lipinski definition) is 2. The summed E-state index contributed by atoms with van der Waals surface area (Å²) in [6, 6.07) is 22.2. The van der Waals surface area contributed by atoms with Gasteiger partial charge in [0, 0.05) is 19.6 Å². The van der Waals surface area contributed by atoms with Gasteiger partial charge in [0.15, 0.2) is 0 Å². The molecule has 3 aromatic rings. The number of nitrogens with one attached hydrogen (secondary N) is 1. The molecule has 3 aromatic carbocycles. The first kappa shape index (κ1) is 14.2. The molecule has 0 unspecified atom stereocenters. The largest absolute Gasteiger partial charge is 0.359 e. The third kappa shape index (κ3) is 2.80. The Kier molecular flexibility index (Phi) is 3.72. The maximum absolute atomic E-state index is 14.3. The Labute approximate surface area is 135 Å². The first-order chi connectivity index (χ1) is 11.3. The minimum absolute atomic E-state index is 0.153. The fraction of sp³-hybridized carbons (Fsp3) is 0.200. The van der Waals surface area contributed by atoms with Gasteiger partial charge < -0.3 is 10.2 Å². The van der Waals surface area contributed by atoms with Gasteiger partial charge >= 0.3 is 0 Å². The molecule has 0 bridgehead atoms. The molecule has 1 aliphatic heterocycles. The lowest BCUT2D eigenvalue weighted by Crippen LogP contribution is -2.57. The second-order valence-corrected chi connectivity index (χ2v) is 6.07. The summed E-state index contributed by atoms with van der Waals surface area (Å²) in [5.41, 5.74) is 1.89. The number of benzene rings is 3. The van der Waals surface area contributed by atoms with E-state index in [9.17, 15) is 4.39 Å². The summed E-state index contributed by atoms with van der Waals surface area (Å²) in [4.78, 5) is 2.18. The van der Waals surface area contributed by atoms with Gasteiger partial charge in [-0.05, 0) is 34.5 Å². The first-order valence-corrected chi connectivity index (χ1v) is 8.01. The van der Waals surface area contributed by atoms with Gasteiger partial charge in [0.1, 0.15) is 5.82 Å². The Balaban J connectivity index is 1.68. The standard InChI is InChI=1S/C20H19FN2/c21-19-7-3-4-8-20(19)23(18-12-22-13-18)14-15-9-10-16-5-1-2-6-17(16)11-15/h1-11,18,22H,12-14H2. The molecule has 3 heteroatoms. The Morgan fingerprint density at radius 2 is 1.65 bits per heavy atom. The van der Waals surface area contributed by atoms with Gasteiger partial charge in [0.25, 0.3) is 0 Å². The maximum Gasteiger partial charge on any atom is 0.146 e. The third-order valence-corrected chi connectivity index (χ3v) is 4.53. The zero-order valence-electron chi connectivity index (χ0n) is 12.9. The zero-order chi connectivity index (χ0) is 15.6. The van der Waals surface area contributed by atoms with Gasteiger partial charge in [0.2, 0.25) is 0 Å². The molecule has 0 aliphatic carbocycles. The zero-order valence-corrected chi connectivity index (χ0v) is 12.9. The number of fused-ring (bicyclic) bond motifs is 1. The van der Waals surface area contributed by atoms with Gasteiger partial charge in [-0.2, -0.15) is 0 Å². The van der Waals surface area contributed by atoms with E-state index in [4.69, 9.17) is 0 Å². The molecule has 1 fully saturated rings.